The van der Waals surface area contributed by atoms with Gasteiger partial charge in [0, 0.05) is 31.9 Å². The molecule has 3 N–H and O–H groups in total. The van der Waals surface area contributed by atoms with Crippen LogP contribution in [0.15, 0.2) is 24.4 Å². The number of nitrogens with zero attached hydrogens (tertiary/aromatic N) is 3. The Hall–Kier alpha value is -2.41. The Morgan fingerprint density at radius 2 is 2.09 bits per heavy atom. The standard InChI is InChI=1S/C25H35N5O2/c1-25(2)17-9-8-16(20(25)11-17)14-27-24(32)21-6-3-7-22-28-18(15-30(21)22)12-23(31)29-10-4-5-19(29)13-26/h3,6-7,15-17,19-20H,4-5,8-14,26H2,1-2H3,(H,27,32)/t16-,17+,19+,20+/m0/s1. The second kappa shape index (κ2) is 8.18. The van der Waals surface area contributed by atoms with E-state index in [1.165, 1.54) is 19.3 Å². The number of likely N-dealkylation sites (tertiary alicyclic amines) is 1. The highest BCUT2D eigenvalue weighted by Gasteiger charge is 2.53. The molecule has 4 atom stereocenters. The normalized spacial score (nSPS) is 28.5. The fraction of sp³-hybridized carbons (Fsp3) is 0.640. The molecule has 0 unspecified atom stereocenters. The first-order chi connectivity index (χ1) is 15.4. The van der Waals surface area contributed by atoms with Crippen LogP contribution >= 0.6 is 0 Å². The number of nitrogens with one attached hydrogen (secondary N) is 1. The van der Waals surface area contributed by atoms with Crippen LogP contribution in [-0.2, 0) is 11.2 Å². The Morgan fingerprint density at radius 1 is 1.25 bits per heavy atom. The van der Waals surface area contributed by atoms with Gasteiger partial charge in [-0.25, -0.2) is 4.98 Å². The minimum Gasteiger partial charge on any atom is -0.350 e. The molecule has 0 radical (unpaired) electrons. The lowest BCUT2D eigenvalue weighted by Gasteiger charge is -2.60. The maximum Gasteiger partial charge on any atom is 0.268 e. The molecule has 2 aromatic rings. The minimum absolute atomic E-state index is 0.0612. The van der Waals surface area contributed by atoms with E-state index in [2.05, 4.69) is 24.1 Å². The van der Waals surface area contributed by atoms with Gasteiger partial charge in [0.1, 0.15) is 11.3 Å². The fourth-order valence-electron chi connectivity index (χ4n) is 6.52. The quantitative estimate of drug-likeness (QED) is 0.727. The third kappa shape index (κ3) is 3.60. The molecular formula is C25H35N5O2. The van der Waals surface area contributed by atoms with E-state index in [9.17, 15) is 9.59 Å². The number of pyridine rings is 1. The fourth-order valence-corrected chi connectivity index (χ4v) is 6.52. The molecule has 3 heterocycles. The van der Waals surface area contributed by atoms with Gasteiger partial charge in [-0.05, 0) is 67.4 Å². The van der Waals surface area contributed by atoms with E-state index < -0.39 is 0 Å². The van der Waals surface area contributed by atoms with Gasteiger partial charge in [0.25, 0.3) is 5.91 Å². The molecule has 3 aliphatic carbocycles. The van der Waals surface area contributed by atoms with Crippen LogP contribution in [0.1, 0.15) is 62.1 Å². The molecule has 0 aromatic carbocycles. The Labute approximate surface area is 189 Å². The topological polar surface area (TPSA) is 92.7 Å². The molecule has 172 valence electrons. The summed E-state index contributed by atoms with van der Waals surface area (Å²) >= 11 is 0. The third-order valence-corrected chi connectivity index (χ3v) is 8.60. The van der Waals surface area contributed by atoms with Crippen molar-refractivity contribution in [3.63, 3.8) is 0 Å². The highest BCUT2D eigenvalue weighted by Crippen LogP contribution is 2.61. The molecule has 2 aromatic heterocycles. The number of amides is 2. The zero-order valence-electron chi connectivity index (χ0n) is 19.2. The molecule has 2 bridgehead atoms. The van der Waals surface area contributed by atoms with Crippen LogP contribution < -0.4 is 11.1 Å². The molecule has 4 fully saturated rings. The number of hydrogen-bond donors (Lipinski definition) is 2. The van der Waals surface area contributed by atoms with Crippen molar-refractivity contribution in [3.8, 4) is 0 Å². The summed E-state index contributed by atoms with van der Waals surface area (Å²) in [5, 5.41) is 3.19. The van der Waals surface area contributed by atoms with Gasteiger partial charge in [-0.2, -0.15) is 0 Å². The molecule has 6 rings (SSSR count). The van der Waals surface area contributed by atoms with Crippen LogP contribution in [0, 0.1) is 23.2 Å². The van der Waals surface area contributed by atoms with Gasteiger partial charge in [-0.3, -0.25) is 14.0 Å². The summed E-state index contributed by atoms with van der Waals surface area (Å²) in [6.07, 6.45) is 7.83. The number of carbonyl (C=O) groups excluding carboxylic acids is 2. The Morgan fingerprint density at radius 3 is 2.84 bits per heavy atom. The van der Waals surface area contributed by atoms with Gasteiger partial charge in [0.05, 0.1) is 12.1 Å². The lowest BCUT2D eigenvalue weighted by Crippen LogP contribution is -2.54. The maximum atomic E-state index is 13.1. The van der Waals surface area contributed by atoms with Crippen molar-refractivity contribution in [2.75, 3.05) is 19.6 Å². The summed E-state index contributed by atoms with van der Waals surface area (Å²) in [5.74, 6) is 2.12. The number of carbonyl (C=O) groups is 2. The monoisotopic (exact) mass is 437 g/mol. The van der Waals surface area contributed by atoms with Crippen LogP contribution in [0.2, 0.25) is 0 Å². The average molecular weight is 438 g/mol. The zero-order valence-corrected chi connectivity index (χ0v) is 19.2. The van der Waals surface area contributed by atoms with Gasteiger partial charge in [0.2, 0.25) is 5.91 Å². The SMILES string of the molecule is CC1(C)[C@@H]2CC[C@@H](CNC(=O)c3cccc4nc(CC(=O)N5CCC[C@@H]5CN)cn34)[C@H]1C2. The summed E-state index contributed by atoms with van der Waals surface area (Å²) in [4.78, 5) is 32.3. The molecule has 7 heteroatoms. The first-order valence-electron chi connectivity index (χ1n) is 12.1. The number of imidazole rings is 1. The molecular weight excluding hydrogens is 402 g/mol. The molecule has 2 amide bonds. The number of aromatic nitrogens is 2. The Kier molecular flexibility index (Phi) is 5.48. The van der Waals surface area contributed by atoms with Crippen molar-refractivity contribution in [1.82, 2.24) is 19.6 Å². The predicted molar refractivity (Wildman–Crippen MR) is 123 cm³/mol. The van der Waals surface area contributed by atoms with Crippen molar-refractivity contribution >= 4 is 17.5 Å². The lowest BCUT2D eigenvalue weighted by molar-refractivity contribution is -0.131. The van der Waals surface area contributed by atoms with E-state index in [4.69, 9.17) is 5.73 Å². The zero-order chi connectivity index (χ0) is 22.5. The minimum atomic E-state index is -0.0760. The second-order valence-corrected chi connectivity index (χ2v) is 10.6. The van der Waals surface area contributed by atoms with E-state index in [0.29, 0.717) is 40.8 Å². The van der Waals surface area contributed by atoms with Crippen LogP contribution in [-0.4, -0.2) is 51.8 Å². The molecule has 32 heavy (non-hydrogen) atoms. The van der Waals surface area contributed by atoms with Crippen molar-refractivity contribution in [1.29, 1.82) is 0 Å². The molecule has 1 aliphatic heterocycles. The number of rotatable bonds is 6. The van der Waals surface area contributed by atoms with Crippen LogP contribution in [0.5, 0.6) is 0 Å². The number of hydrogen-bond acceptors (Lipinski definition) is 4. The van der Waals surface area contributed by atoms with Crippen molar-refractivity contribution in [2.45, 2.75) is 58.4 Å². The third-order valence-electron chi connectivity index (χ3n) is 8.60. The largest absolute Gasteiger partial charge is 0.350 e. The Bertz CT molecular complexity index is 1030. The molecule has 4 aliphatic rings. The average Bonchev–Trinajstić information content (AvgIpc) is 3.43. The van der Waals surface area contributed by atoms with Crippen molar-refractivity contribution < 1.29 is 9.59 Å². The first kappa shape index (κ1) is 21.4. The number of fused-ring (bicyclic) bond motifs is 3. The van der Waals surface area contributed by atoms with Gasteiger partial charge in [-0.1, -0.05) is 19.9 Å². The van der Waals surface area contributed by atoms with Crippen LogP contribution in [0.25, 0.3) is 5.65 Å². The second-order valence-electron chi connectivity index (χ2n) is 10.6. The molecule has 7 nitrogen and oxygen atoms in total. The van der Waals surface area contributed by atoms with Crippen LogP contribution in [0.3, 0.4) is 0 Å². The van der Waals surface area contributed by atoms with Crippen molar-refractivity contribution in [3.05, 3.63) is 35.8 Å². The number of nitrogens with two attached hydrogens (primary N) is 1. The summed E-state index contributed by atoms with van der Waals surface area (Å²) in [6.45, 7) is 6.76. The maximum absolute atomic E-state index is 13.1. The predicted octanol–water partition coefficient (Wildman–Crippen LogP) is 2.63. The first-order valence-corrected chi connectivity index (χ1v) is 12.1. The molecule has 1 saturated heterocycles. The lowest BCUT2D eigenvalue weighted by atomic mass is 9.45. The van der Waals surface area contributed by atoms with E-state index in [1.807, 2.05) is 33.7 Å². The van der Waals surface area contributed by atoms with Crippen LogP contribution in [0.4, 0.5) is 0 Å². The van der Waals surface area contributed by atoms with E-state index >= 15 is 0 Å². The summed E-state index contributed by atoms with van der Waals surface area (Å²) < 4.78 is 1.81. The summed E-state index contributed by atoms with van der Waals surface area (Å²) in [6, 6.07) is 5.69. The molecule has 3 saturated carbocycles. The summed E-state index contributed by atoms with van der Waals surface area (Å²) in [7, 11) is 0. The van der Waals surface area contributed by atoms with Gasteiger partial charge < -0.3 is 16.0 Å². The summed E-state index contributed by atoms with van der Waals surface area (Å²) in [5.41, 5.74) is 8.18. The highest BCUT2D eigenvalue weighted by molar-refractivity contribution is 5.93. The van der Waals surface area contributed by atoms with Gasteiger partial charge in [-0.15, -0.1) is 0 Å². The van der Waals surface area contributed by atoms with Gasteiger partial charge in [0.15, 0.2) is 0 Å². The highest BCUT2D eigenvalue weighted by atomic mass is 16.2. The van der Waals surface area contributed by atoms with E-state index in [-0.39, 0.29) is 24.3 Å². The van der Waals surface area contributed by atoms with E-state index in [1.54, 1.807) is 0 Å². The molecule has 0 spiro atoms. The van der Waals surface area contributed by atoms with E-state index in [0.717, 1.165) is 31.8 Å². The Balaban J connectivity index is 1.27. The van der Waals surface area contributed by atoms with Crippen molar-refractivity contribution in [2.24, 2.45) is 28.9 Å². The smallest absolute Gasteiger partial charge is 0.268 e. The van der Waals surface area contributed by atoms with Gasteiger partial charge >= 0.3 is 0 Å².